The highest BCUT2D eigenvalue weighted by atomic mass is 16.7. The van der Waals surface area contributed by atoms with Crippen LogP contribution in [0.3, 0.4) is 0 Å². The van der Waals surface area contributed by atoms with E-state index < -0.39 is 11.9 Å². The molecule has 1 saturated carbocycles. The van der Waals surface area contributed by atoms with Gasteiger partial charge in [-0.3, -0.25) is 4.79 Å². The number of ether oxygens (including phenoxy) is 2. The summed E-state index contributed by atoms with van der Waals surface area (Å²) in [6.45, 7) is 0.503. The van der Waals surface area contributed by atoms with Gasteiger partial charge in [-0.2, -0.15) is 0 Å². The molecule has 4 heteroatoms. The SMILES string of the molecule is O=C1C=C[C@H](O)[C@@H]([C@H]2COC3(CCCCC3)O2)C1. The Bertz CT molecular complexity index is 357. The van der Waals surface area contributed by atoms with Crippen LogP contribution in [0.15, 0.2) is 12.2 Å². The van der Waals surface area contributed by atoms with Crippen LogP contribution in [0.4, 0.5) is 0 Å². The fourth-order valence-corrected chi connectivity index (χ4v) is 3.26. The lowest BCUT2D eigenvalue weighted by molar-refractivity contribution is -0.194. The van der Waals surface area contributed by atoms with Gasteiger partial charge in [0.05, 0.1) is 18.8 Å². The first-order valence-electron chi connectivity index (χ1n) is 6.89. The average molecular weight is 252 g/mol. The number of carbonyl (C=O) groups is 1. The standard InChI is InChI=1S/C14H20O4/c15-10-4-5-12(16)11(8-10)13-9-17-14(18-13)6-2-1-3-7-14/h4-5,11-13,16H,1-3,6-9H2/t11-,12-,13+/m0/s1. The molecule has 1 N–H and O–H groups in total. The molecule has 1 spiro atoms. The highest BCUT2D eigenvalue weighted by Crippen LogP contribution is 2.40. The third-order valence-corrected chi connectivity index (χ3v) is 4.32. The minimum Gasteiger partial charge on any atom is -0.389 e. The Hall–Kier alpha value is -0.710. The third-order valence-electron chi connectivity index (χ3n) is 4.32. The molecule has 4 nitrogen and oxygen atoms in total. The zero-order valence-electron chi connectivity index (χ0n) is 10.5. The van der Waals surface area contributed by atoms with Crippen molar-refractivity contribution >= 4 is 5.78 Å². The van der Waals surface area contributed by atoms with E-state index in [1.807, 2.05) is 0 Å². The van der Waals surface area contributed by atoms with Crippen molar-refractivity contribution in [3.8, 4) is 0 Å². The highest BCUT2D eigenvalue weighted by molar-refractivity contribution is 5.90. The summed E-state index contributed by atoms with van der Waals surface area (Å²) in [4.78, 5) is 11.4. The molecular weight excluding hydrogens is 232 g/mol. The topological polar surface area (TPSA) is 55.8 Å². The predicted molar refractivity (Wildman–Crippen MR) is 64.9 cm³/mol. The van der Waals surface area contributed by atoms with Crippen LogP contribution in [0.25, 0.3) is 0 Å². The summed E-state index contributed by atoms with van der Waals surface area (Å²) in [6, 6.07) is 0. The predicted octanol–water partition coefficient (Wildman–Crippen LogP) is 1.57. The number of rotatable bonds is 1. The first-order chi connectivity index (χ1) is 8.69. The lowest BCUT2D eigenvalue weighted by Gasteiger charge is -2.33. The minimum atomic E-state index is -0.588. The van der Waals surface area contributed by atoms with Gasteiger partial charge in [0.25, 0.3) is 0 Å². The molecule has 3 aliphatic rings. The van der Waals surface area contributed by atoms with E-state index in [2.05, 4.69) is 0 Å². The van der Waals surface area contributed by atoms with Gasteiger partial charge in [-0.15, -0.1) is 0 Å². The zero-order valence-corrected chi connectivity index (χ0v) is 10.5. The van der Waals surface area contributed by atoms with Crippen molar-refractivity contribution in [1.29, 1.82) is 0 Å². The maximum atomic E-state index is 11.4. The van der Waals surface area contributed by atoms with Gasteiger partial charge in [0.2, 0.25) is 0 Å². The molecule has 0 bridgehead atoms. The molecular formula is C14H20O4. The van der Waals surface area contributed by atoms with Crippen LogP contribution in [0.5, 0.6) is 0 Å². The molecule has 0 amide bonds. The van der Waals surface area contributed by atoms with E-state index in [1.54, 1.807) is 6.08 Å². The number of carbonyl (C=O) groups excluding carboxylic acids is 1. The molecule has 100 valence electrons. The fourth-order valence-electron chi connectivity index (χ4n) is 3.26. The molecule has 0 aromatic heterocycles. The van der Waals surface area contributed by atoms with E-state index in [1.165, 1.54) is 12.5 Å². The zero-order chi connectivity index (χ0) is 12.6. The van der Waals surface area contributed by atoms with Crippen LogP contribution in [0.1, 0.15) is 38.5 Å². The smallest absolute Gasteiger partial charge is 0.168 e. The summed E-state index contributed by atoms with van der Waals surface area (Å²) in [5, 5.41) is 9.96. The average Bonchev–Trinajstić information content (AvgIpc) is 2.77. The largest absolute Gasteiger partial charge is 0.389 e. The Morgan fingerprint density at radius 2 is 2.06 bits per heavy atom. The van der Waals surface area contributed by atoms with E-state index in [4.69, 9.17) is 9.47 Å². The van der Waals surface area contributed by atoms with Crippen LogP contribution in [0.2, 0.25) is 0 Å². The Balaban J connectivity index is 1.68. The normalized spacial score (nSPS) is 39.4. The van der Waals surface area contributed by atoms with E-state index in [-0.39, 0.29) is 17.8 Å². The summed E-state index contributed by atoms with van der Waals surface area (Å²) >= 11 is 0. The molecule has 1 aliphatic heterocycles. The number of aliphatic hydroxyl groups is 1. The first-order valence-corrected chi connectivity index (χ1v) is 6.89. The van der Waals surface area contributed by atoms with Gasteiger partial charge in [-0.25, -0.2) is 0 Å². The second-order valence-corrected chi connectivity index (χ2v) is 5.62. The number of aliphatic hydroxyl groups excluding tert-OH is 1. The van der Waals surface area contributed by atoms with Crippen molar-refractivity contribution in [2.24, 2.45) is 5.92 Å². The molecule has 1 saturated heterocycles. The van der Waals surface area contributed by atoms with Crippen molar-refractivity contribution in [3.05, 3.63) is 12.2 Å². The van der Waals surface area contributed by atoms with Crippen molar-refractivity contribution in [2.75, 3.05) is 6.61 Å². The van der Waals surface area contributed by atoms with E-state index >= 15 is 0 Å². The Kier molecular flexibility index (Phi) is 3.26. The fraction of sp³-hybridized carbons (Fsp3) is 0.786. The lowest BCUT2D eigenvalue weighted by Crippen LogP contribution is -2.39. The molecule has 0 radical (unpaired) electrons. The molecule has 2 fully saturated rings. The summed E-state index contributed by atoms with van der Waals surface area (Å²) in [5.41, 5.74) is 0. The van der Waals surface area contributed by atoms with Crippen LogP contribution in [0, 0.1) is 5.92 Å². The van der Waals surface area contributed by atoms with Crippen LogP contribution in [-0.2, 0) is 14.3 Å². The summed E-state index contributed by atoms with van der Waals surface area (Å²) in [6.07, 6.45) is 8.07. The summed E-state index contributed by atoms with van der Waals surface area (Å²) < 4.78 is 11.9. The van der Waals surface area contributed by atoms with Gasteiger partial charge in [0, 0.05) is 25.2 Å². The Morgan fingerprint density at radius 3 is 2.83 bits per heavy atom. The number of allylic oxidation sites excluding steroid dienone is 1. The molecule has 2 aliphatic carbocycles. The van der Waals surface area contributed by atoms with Crippen LogP contribution < -0.4 is 0 Å². The van der Waals surface area contributed by atoms with Crippen molar-refractivity contribution < 1.29 is 19.4 Å². The van der Waals surface area contributed by atoms with E-state index in [0.717, 1.165) is 25.7 Å². The van der Waals surface area contributed by atoms with Gasteiger partial charge in [0.1, 0.15) is 0 Å². The quantitative estimate of drug-likeness (QED) is 0.769. The van der Waals surface area contributed by atoms with E-state index in [9.17, 15) is 9.90 Å². The first kappa shape index (κ1) is 12.3. The molecule has 0 unspecified atom stereocenters. The summed E-state index contributed by atoms with van der Waals surface area (Å²) in [5.74, 6) is -0.505. The minimum absolute atomic E-state index is 0.0681. The maximum absolute atomic E-state index is 11.4. The highest BCUT2D eigenvalue weighted by Gasteiger charge is 2.46. The van der Waals surface area contributed by atoms with Crippen molar-refractivity contribution in [3.63, 3.8) is 0 Å². The number of hydrogen-bond acceptors (Lipinski definition) is 4. The molecule has 3 atom stereocenters. The van der Waals surface area contributed by atoms with Gasteiger partial charge >= 0.3 is 0 Å². The van der Waals surface area contributed by atoms with Gasteiger partial charge in [0.15, 0.2) is 11.6 Å². The Morgan fingerprint density at radius 1 is 1.28 bits per heavy atom. The van der Waals surface area contributed by atoms with Gasteiger partial charge < -0.3 is 14.6 Å². The molecule has 0 aromatic rings. The molecule has 1 heterocycles. The van der Waals surface area contributed by atoms with Crippen LogP contribution >= 0.6 is 0 Å². The monoisotopic (exact) mass is 252 g/mol. The van der Waals surface area contributed by atoms with Gasteiger partial charge in [-0.05, 0) is 18.9 Å². The lowest BCUT2D eigenvalue weighted by atomic mass is 9.86. The Labute approximate surface area is 107 Å². The maximum Gasteiger partial charge on any atom is 0.168 e. The molecule has 0 aromatic carbocycles. The van der Waals surface area contributed by atoms with E-state index in [0.29, 0.717) is 13.0 Å². The number of hydrogen-bond donors (Lipinski definition) is 1. The summed E-state index contributed by atoms with van der Waals surface area (Å²) in [7, 11) is 0. The molecule has 3 rings (SSSR count). The second-order valence-electron chi connectivity index (χ2n) is 5.62. The second kappa shape index (κ2) is 4.76. The van der Waals surface area contributed by atoms with Crippen molar-refractivity contribution in [1.82, 2.24) is 0 Å². The number of ketones is 1. The van der Waals surface area contributed by atoms with Crippen LogP contribution in [-0.4, -0.2) is 35.5 Å². The molecule has 18 heavy (non-hydrogen) atoms. The third kappa shape index (κ3) is 2.25. The van der Waals surface area contributed by atoms with Crippen molar-refractivity contribution in [2.45, 2.75) is 56.5 Å². The van der Waals surface area contributed by atoms with Gasteiger partial charge in [-0.1, -0.05) is 12.5 Å².